The highest BCUT2D eigenvalue weighted by Crippen LogP contribution is 2.66. The lowest BCUT2D eigenvalue weighted by atomic mass is 10.2. The average Bonchev–Trinajstić information content (AvgIpc) is 3.49. The van der Waals surface area contributed by atoms with Crippen molar-refractivity contribution in [2.24, 2.45) is 0 Å². The lowest BCUT2D eigenvalue weighted by Gasteiger charge is -2.19. The average molecular weight is 718 g/mol. The third kappa shape index (κ3) is 10.3. The summed E-state index contributed by atoms with van der Waals surface area (Å²) in [5.41, 5.74) is 5.94. The number of aromatic nitrogens is 5. The van der Waals surface area contributed by atoms with Crippen molar-refractivity contribution >= 4 is 68.1 Å². The van der Waals surface area contributed by atoms with E-state index in [2.05, 4.69) is 33.1 Å². The van der Waals surface area contributed by atoms with Gasteiger partial charge in [0, 0.05) is 24.8 Å². The molecule has 0 bridgehead atoms. The van der Waals surface area contributed by atoms with E-state index in [0.717, 1.165) is 5.03 Å². The third-order valence-corrected chi connectivity index (χ3v) is 11.5. The largest absolute Gasteiger partial charge is 0.490 e. The number of hydrogen-bond acceptors (Lipinski definition) is 17. The van der Waals surface area contributed by atoms with Gasteiger partial charge in [0.1, 0.15) is 17.4 Å². The summed E-state index contributed by atoms with van der Waals surface area (Å²) in [4.78, 5) is 65.0. The molecule has 0 spiro atoms. The summed E-state index contributed by atoms with van der Waals surface area (Å²) in [5, 5.41) is 11.3. The topological polar surface area (TPSA) is 298 Å². The van der Waals surface area contributed by atoms with Crippen LogP contribution < -0.4 is 10.5 Å². The van der Waals surface area contributed by atoms with Crippen LogP contribution in [0.2, 0.25) is 0 Å². The number of fused-ring (bicyclic) bond motifs is 1. The van der Waals surface area contributed by atoms with Crippen LogP contribution in [-0.4, -0.2) is 79.7 Å². The Kier molecular flexibility index (Phi) is 11.6. The van der Waals surface area contributed by atoms with Crippen LogP contribution >= 0.6 is 45.1 Å². The summed E-state index contributed by atoms with van der Waals surface area (Å²) in [5.74, 6) is -0.389. The number of phosphoric ester groups is 1. The summed E-state index contributed by atoms with van der Waals surface area (Å²) in [6.07, 6.45) is -0.188. The summed E-state index contributed by atoms with van der Waals surface area (Å²) >= 11 is 0. The first-order valence-corrected chi connectivity index (χ1v) is 19.0. The maximum Gasteiger partial charge on any atom is 0.490 e. The van der Waals surface area contributed by atoms with Gasteiger partial charge in [0.25, 0.3) is 5.88 Å². The molecule has 25 heteroatoms. The van der Waals surface area contributed by atoms with E-state index in [4.69, 9.17) is 25.0 Å². The second-order valence-electron chi connectivity index (χ2n) is 8.68. The second-order valence-corrected chi connectivity index (χ2v) is 15.5. The summed E-state index contributed by atoms with van der Waals surface area (Å²) in [7, 11) is -13.7. The Labute approximate surface area is 255 Å². The Morgan fingerprint density at radius 3 is 2.59 bits per heavy atom. The van der Waals surface area contributed by atoms with E-state index >= 15 is 0 Å². The molecule has 1 fully saturated rings. The van der Waals surface area contributed by atoms with Gasteiger partial charge >= 0.3 is 29.4 Å². The number of aliphatic hydroxyl groups is 1. The van der Waals surface area contributed by atoms with Crippen LogP contribution in [0.4, 0.5) is 5.95 Å². The maximum atomic E-state index is 12.5. The minimum Gasteiger partial charge on any atom is -0.405 e. The zero-order chi connectivity index (χ0) is 32.1. The molecule has 242 valence electrons. The van der Waals surface area contributed by atoms with E-state index in [1.54, 1.807) is 6.20 Å². The number of nitrogens with zero attached hydrogens (tertiary/aromatic N) is 5. The number of rotatable bonds is 15. The molecule has 3 aromatic rings. The van der Waals surface area contributed by atoms with Crippen LogP contribution in [0.25, 0.3) is 11.2 Å². The van der Waals surface area contributed by atoms with E-state index in [0.29, 0.717) is 12.2 Å². The van der Waals surface area contributed by atoms with Crippen molar-refractivity contribution in [1.82, 2.24) is 24.5 Å². The van der Waals surface area contributed by atoms with Gasteiger partial charge in [-0.05, 0) is 29.3 Å². The van der Waals surface area contributed by atoms with Crippen LogP contribution in [-0.2, 0) is 36.4 Å². The highest BCUT2D eigenvalue weighted by molar-refractivity contribution is 8.76. The smallest absolute Gasteiger partial charge is 0.405 e. The van der Waals surface area contributed by atoms with E-state index < -0.39 is 54.5 Å². The van der Waals surface area contributed by atoms with Gasteiger partial charge < -0.3 is 39.9 Å². The summed E-state index contributed by atoms with van der Waals surface area (Å²) in [6.45, 7) is -0.868. The molecule has 4 rings (SSSR count). The molecule has 1 saturated heterocycles. The Morgan fingerprint density at radius 2 is 1.89 bits per heavy atom. The minimum absolute atomic E-state index is 0.0578. The molecule has 1 aliphatic rings. The number of ether oxygens (including phenoxy) is 2. The molecule has 0 aromatic carbocycles. The predicted molar refractivity (Wildman–Crippen MR) is 152 cm³/mol. The highest BCUT2D eigenvalue weighted by atomic mass is 33.1. The number of esters is 1. The molecule has 20 nitrogen and oxygen atoms in total. The zero-order valence-corrected chi connectivity index (χ0v) is 26.4. The fourth-order valence-corrected chi connectivity index (χ4v) is 8.62. The van der Waals surface area contributed by atoms with Gasteiger partial charge in [-0.2, -0.15) is 18.6 Å². The maximum absolute atomic E-state index is 12.5. The van der Waals surface area contributed by atoms with E-state index in [9.17, 15) is 33.4 Å². The molecule has 5 atom stereocenters. The number of nitrogens with two attached hydrogens (primary N) is 1. The van der Waals surface area contributed by atoms with Gasteiger partial charge in [-0.3, -0.25) is 13.9 Å². The molecule has 3 aromatic heterocycles. The Balaban J connectivity index is 1.33. The first-order valence-electron chi connectivity index (χ1n) is 12.1. The number of pyridine rings is 1. The summed E-state index contributed by atoms with van der Waals surface area (Å²) in [6, 6.07) is 5.56. The second kappa shape index (κ2) is 14.6. The number of aliphatic hydroxyl groups excluding tert-OH is 1. The van der Waals surface area contributed by atoms with E-state index in [1.165, 1.54) is 32.5 Å². The number of hydrogen-bond donors (Lipinski definition) is 6. The van der Waals surface area contributed by atoms with Crippen molar-refractivity contribution < 1.29 is 65.8 Å². The monoisotopic (exact) mass is 718 g/mol. The molecule has 0 saturated carbocycles. The van der Waals surface area contributed by atoms with Crippen LogP contribution in [0.5, 0.6) is 5.88 Å². The SMILES string of the molecule is Nc1nc(OC(=O)CCCSSc2ccccn2)c2ncn(C3CC(O)C(COP(=O)(O)OP(=O)(O)OP(=O)(O)O)O3)c2n1. The molecular weight excluding hydrogens is 693 g/mol. The number of imidazole rings is 1. The van der Waals surface area contributed by atoms with Crippen molar-refractivity contribution in [2.75, 3.05) is 18.1 Å². The van der Waals surface area contributed by atoms with Crippen molar-refractivity contribution in [3.8, 4) is 5.88 Å². The molecule has 4 heterocycles. The van der Waals surface area contributed by atoms with Gasteiger partial charge in [-0.15, -0.1) is 0 Å². The number of carbonyl (C=O) groups is 1. The van der Waals surface area contributed by atoms with Crippen molar-refractivity contribution in [3.63, 3.8) is 0 Å². The molecular formula is C19H25N6O14P3S2. The first kappa shape index (κ1) is 34.9. The minimum atomic E-state index is -5.72. The van der Waals surface area contributed by atoms with Crippen LogP contribution in [0.3, 0.4) is 0 Å². The molecule has 0 amide bonds. The predicted octanol–water partition coefficient (Wildman–Crippen LogP) is 1.92. The third-order valence-electron chi connectivity index (χ3n) is 5.34. The molecule has 44 heavy (non-hydrogen) atoms. The fourth-order valence-electron chi connectivity index (χ4n) is 3.63. The Bertz CT molecular complexity index is 1610. The molecule has 1 aliphatic heterocycles. The van der Waals surface area contributed by atoms with Crippen molar-refractivity contribution in [3.05, 3.63) is 30.7 Å². The van der Waals surface area contributed by atoms with Crippen molar-refractivity contribution in [1.29, 1.82) is 0 Å². The number of nitrogen functional groups attached to an aromatic ring is 1. The first-order chi connectivity index (χ1) is 20.6. The quantitative estimate of drug-likeness (QED) is 0.0566. The van der Waals surface area contributed by atoms with Crippen LogP contribution in [0, 0.1) is 0 Å². The highest BCUT2D eigenvalue weighted by Gasteiger charge is 2.43. The lowest BCUT2D eigenvalue weighted by molar-refractivity contribution is -0.134. The molecule has 0 aliphatic carbocycles. The van der Waals surface area contributed by atoms with Gasteiger partial charge in [0.05, 0.1) is 19.0 Å². The number of phosphoric acid groups is 3. The number of carbonyl (C=O) groups excluding carboxylic acids is 1. The molecule has 0 radical (unpaired) electrons. The lowest BCUT2D eigenvalue weighted by Crippen LogP contribution is -2.26. The standard InChI is InChI=1S/C19H25N6O14P3S2/c20-19-23-17-16(18(24-19)37-15(27)5-3-7-43-44-13-4-1-2-6-21-13)22-10-25(17)14-8-11(26)12(36-14)9-35-41(31,32)39-42(33,34)38-40(28,29)30/h1-2,4,6,10-12,14,26H,3,5,7-9H2,(H,31,32)(H,33,34)(H2,20,23,24)(H2,28,29,30). The molecule has 7 N–H and O–H groups in total. The van der Waals surface area contributed by atoms with E-state index in [-0.39, 0.29) is 35.8 Å². The Hall–Kier alpha value is -2.00. The van der Waals surface area contributed by atoms with Gasteiger partial charge in [0.2, 0.25) is 5.95 Å². The van der Waals surface area contributed by atoms with Gasteiger partial charge in [-0.1, -0.05) is 16.9 Å². The van der Waals surface area contributed by atoms with Crippen LogP contribution in [0.1, 0.15) is 25.5 Å². The normalized spacial score (nSPS) is 21.6. The van der Waals surface area contributed by atoms with E-state index in [1.807, 2.05) is 18.2 Å². The molecule has 5 unspecified atom stereocenters. The number of anilines is 1. The van der Waals surface area contributed by atoms with Crippen molar-refractivity contribution in [2.45, 2.75) is 42.7 Å². The zero-order valence-electron chi connectivity index (χ0n) is 22.0. The Morgan fingerprint density at radius 1 is 1.11 bits per heavy atom. The summed E-state index contributed by atoms with van der Waals surface area (Å²) < 4.78 is 58.5. The fraction of sp³-hybridized carbons (Fsp3) is 0.421. The van der Waals surface area contributed by atoms with Gasteiger partial charge in [0.15, 0.2) is 11.2 Å². The van der Waals surface area contributed by atoms with Gasteiger partial charge in [-0.25, -0.2) is 23.7 Å². The van der Waals surface area contributed by atoms with Crippen LogP contribution in [0.15, 0.2) is 35.7 Å².